The molecule has 0 atom stereocenters. The van der Waals surface area contributed by atoms with Crippen molar-refractivity contribution in [2.75, 3.05) is 26.2 Å². The topological polar surface area (TPSA) is 40.6 Å². The minimum atomic E-state index is -0.211. The Morgan fingerprint density at radius 2 is 1.00 bits per heavy atom. The van der Waals surface area contributed by atoms with Gasteiger partial charge >= 0.3 is 26.2 Å². The summed E-state index contributed by atoms with van der Waals surface area (Å²) in [6, 6.07) is 0. The molecule has 2 rings (SSSR count). The van der Waals surface area contributed by atoms with Crippen LogP contribution in [0.2, 0.25) is 0 Å². The van der Waals surface area contributed by atoms with E-state index >= 15 is 0 Å². The number of hydrogen-bond acceptors (Lipinski definition) is 8. The fourth-order valence-electron chi connectivity index (χ4n) is 1.77. The van der Waals surface area contributed by atoms with Gasteiger partial charge in [0.2, 0.25) is 0 Å². The summed E-state index contributed by atoms with van der Waals surface area (Å²) in [5.41, 5.74) is 0. The summed E-state index contributed by atoms with van der Waals surface area (Å²) in [4.78, 5) is 20.7. The van der Waals surface area contributed by atoms with Crippen molar-refractivity contribution in [3.05, 3.63) is 0 Å². The predicted molar refractivity (Wildman–Crippen MR) is 88.1 cm³/mol. The van der Waals surface area contributed by atoms with Crippen LogP contribution >= 0.6 is 23.9 Å². The molecule has 0 unspecified atom stereocenters. The molecule has 0 aromatic rings. The molecule has 2 saturated heterocycles. The zero-order valence-corrected chi connectivity index (χ0v) is 19.7. The van der Waals surface area contributed by atoms with Gasteiger partial charge in [0.25, 0.3) is 0 Å². The molecule has 2 radical (unpaired) electrons. The summed E-state index contributed by atoms with van der Waals surface area (Å²) < 4.78 is 3.62. The molecule has 2 heterocycles. The van der Waals surface area contributed by atoms with Crippen LogP contribution in [0.15, 0.2) is 0 Å². The van der Waals surface area contributed by atoms with Crippen LogP contribution in [0.4, 0.5) is 9.59 Å². The molecular formula is C10H16BiIN2O2S4. The van der Waals surface area contributed by atoms with E-state index in [2.05, 4.69) is 25.3 Å². The van der Waals surface area contributed by atoms with E-state index in [1.54, 1.807) is 0 Å². The van der Waals surface area contributed by atoms with Crippen LogP contribution in [-0.2, 0) is 25.3 Å². The van der Waals surface area contributed by atoms with Crippen LogP contribution < -0.4 is 24.0 Å². The minimum Gasteiger partial charge on any atom is -1.00 e. The predicted octanol–water partition coefficient (Wildman–Crippen LogP) is -0.582. The molecule has 0 aromatic carbocycles. The summed E-state index contributed by atoms with van der Waals surface area (Å²) in [5.74, 6) is 0. The molecule has 0 aromatic heterocycles. The number of hydrogen-bond donors (Lipinski definition) is 0. The first-order chi connectivity index (χ1) is 8.58. The van der Waals surface area contributed by atoms with Crippen molar-refractivity contribution >= 4 is 84.3 Å². The maximum Gasteiger partial charge on any atom is 3.00 e. The molecule has 2 aliphatic rings. The van der Waals surface area contributed by atoms with Crippen molar-refractivity contribution in [1.29, 1.82) is 0 Å². The Morgan fingerprint density at radius 3 is 1.20 bits per heavy atom. The van der Waals surface area contributed by atoms with Gasteiger partial charge in [-0.1, -0.05) is 0 Å². The van der Waals surface area contributed by atoms with E-state index in [0.717, 1.165) is 26.2 Å². The number of halogens is 1. The Hall–Kier alpha value is 2.01. The summed E-state index contributed by atoms with van der Waals surface area (Å²) in [5, 5.41) is 0. The second-order valence-corrected chi connectivity index (χ2v) is 7.35. The second-order valence-electron chi connectivity index (χ2n) is 3.95. The Kier molecular flexibility index (Phi) is 17.7. The zero-order valence-electron chi connectivity index (χ0n) is 10.8. The maximum absolute atomic E-state index is 10.3. The third-order valence-electron chi connectivity index (χ3n) is 2.54. The van der Waals surface area contributed by atoms with Gasteiger partial charge < -0.3 is 58.8 Å². The summed E-state index contributed by atoms with van der Waals surface area (Å²) >= 11 is 11.1. The Labute approximate surface area is 176 Å². The number of carbonyl (C=O) groups excluding carboxylic acids is 2. The van der Waals surface area contributed by atoms with Crippen LogP contribution in [0.25, 0.3) is 0 Å². The van der Waals surface area contributed by atoms with E-state index in [1.807, 2.05) is 8.61 Å². The van der Waals surface area contributed by atoms with E-state index < -0.39 is 0 Å². The van der Waals surface area contributed by atoms with Crippen LogP contribution in [-0.4, -0.2) is 69.9 Å². The summed E-state index contributed by atoms with van der Waals surface area (Å²) in [6.07, 6.45) is 4.82. The van der Waals surface area contributed by atoms with Gasteiger partial charge in [-0.3, -0.25) is 0 Å². The van der Waals surface area contributed by atoms with Gasteiger partial charge in [0.1, 0.15) is 0 Å². The normalized spacial score (nSPS) is 18.4. The van der Waals surface area contributed by atoms with Gasteiger partial charge in [-0.2, -0.15) is 0 Å². The minimum absolute atomic E-state index is 0. The monoisotopic (exact) mass is 660 g/mol. The fourth-order valence-corrected chi connectivity index (χ4v) is 3.71. The Bertz CT molecular complexity index is 262. The van der Waals surface area contributed by atoms with E-state index in [9.17, 15) is 9.59 Å². The Balaban J connectivity index is 0. The largest absolute Gasteiger partial charge is 3.00 e. The third-order valence-corrected chi connectivity index (χ3v) is 4.53. The number of nitrogens with zero attached hydrogens (tertiary/aromatic N) is 2. The maximum atomic E-state index is 10.3. The number of carbonyl (C=O) groups is 2. The molecule has 0 spiro atoms. The van der Waals surface area contributed by atoms with Gasteiger partial charge in [-0.05, 0) is 49.6 Å². The van der Waals surface area contributed by atoms with Gasteiger partial charge in [0.05, 0.1) is 8.89 Å². The quantitative estimate of drug-likeness (QED) is 0.169. The first-order valence-corrected chi connectivity index (χ1v) is 8.22. The molecule has 4 nitrogen and oxygen atoms in total. The molecule has 114 valence electrons. The number of rotatable bonds is 2. The van der Waals surface area contributed by atoms with E-state index in [0.29, 0.717) is 0 Å². The van der Waals surface area contributed by atoms with Gasteiger partial charge in [-0.25, -0.2) is 8.61 Å². The molecule has 0 amide bonds. The van der Waals surface area contributed by atoms with E-state index in [4.69, 9.17) is 0 Å². The second kappa shape index (κ2) is 14.6. The molecule has 0 N–H and O–H groups in total. The molecular weight excluding hydrogens is 644 g/mol. The summed E-state index contributed by atoms with van der Waals surface area (Å²) in [6.45, 7) is 4.08. The van der Waals surface area contributed by atoms with Crippen molar-refractivity contribution < 1.29 is 33.6 Å². The van der Waals surface area contributed by atoms with Gasteiger partial charge in [0.15, 0.2) is 0 Å². The van der Waals surface area contributed by atoms with E-state index in [-0.39, 0.29) is 59.1 Å². The summed E-state index contributed by atoms with van der Waals surface area (Å²) in [7, 11) is 0. The molecule has 2 fully saturated rings. The molecule has 0 saturated carbocycles. The third kappa shape index (κ3) is 12.5. The van der Waals surface area contributed by atoms with Crippen molar-refractivity contribution in [3.8, 4) is 0 Å². The van der Waals surface area contributed by atoms with Crippen molar-refractivity contribution in [2.24, 2.45) is 0 Å². The molecule has 20 heavy (non-hydrogen) atoms. The zero-order chi connectivity index (χ0) is 13.4. The molecule has 0 aliphatic carbocycles. The van der Waals surface area contributed by atoms with Crippen molar-refractivity contribution in [2.45, 2.75) is 25.7 Å². The van der Waals surface area contributed by atoms with Gasteiger partial charge in [-0.15, -0.1) is 0 Å². The van der Waals surface area contributed by atoms with Crippen LogP contribution in [0.1, 0.15) is 25.7 Å². The SMILES string of the molecule is O=C([S-])SN1CCCC1.O=C([S-])SN1CCCC1.[Bi+3].[I-]. The molecule has 2 aliphatic heterocycles. The Morgan fingerprint density at radius 1 is 0.750 bits per heavy atom. The van der Waals surface area contributed by atoms with Crippen molar-refractivity contribution in [3.63, 3.8) is 0 Å². The van der Waals surface area contributed by atoms with E-state index in [1.165, 1.54) is 49.6 Å². The van der Waals surface area contributed by atoms with Crippen LogP contribution in [0.5, 0.6) is 0 Å². The van der Waals surface area contributed by atoms with Crippen molar-refractivity contribution in [1.82, 2.24) is 8.61 Å². The van der Waals surface area contributed by atoms with Gasteiger partial charge in [0, 0.05) is 26.2 Å². The average molecular weight is 660 g/mol. The first kappa shape index (κ1) is 24.3. The average Bonchev–Trinajstić information content (AvgIpc) is 2.90. The smallest absolute Gasteiger partial charge is 1.00 e. The fraction of sp³-hybridized carbons (Fsp3) is 0.800. The standard InChI is InChI=1S/2C5H9NOS2.Bi.HI/c2*7-5(8)9-6-3-1-2-4-6;;/h2*1-4H2,(H,7,8);;1H/q;;+3;/p-3. The molecule has 10 heteroatoms. The molecule has 0 bridgehead atoms. The first-order valence-electron chi connectivity index (χ1n) is 5.85. The van der Waals surface area contributed by atoms with Crippen LogP contribution in [0, 0.1) is 0 Å². The van der Waals surface area contributed by atoms with Crippen LogP contribution in [0.3, 0.4) is 0 Å².